The van der Waals surface area contributed by atoms with Crippen molar-refractivity contribution < 1.29 is 18.5 Å². The summed E-state index contributed by atoms with van der Waals surface area (Å²) in [7, 11) is 4.91. The van der Waals surface area contributed by atoms with Gasteiger partial charge >= 0.3 is 6.09 Å². The molecule has 162 valence electrons. The number of likely N-dealkylation sites (tertiary alicyclic amines) is 1. The van der Waals surface area contributed by atoms with E-state index in [4.69, 9.17) is 9.47 Å². The Balaban J connectivity index is 1.54. The molecule has 0 bridgehead atoms. The van der Waals surface area contributed by atoms with Crippen LogP contribution in [-0.4, -0.2) is 72.1 Å². The minimum Gasteiger partial charge on any atom is -0.453 e. The van der Waals surface area contributed by atoms with Gasteiger partial charge in [0.15, 0.2) is 11.2 Å². The van der Waals surface area contributed by atoms with E-state index in [2.05, 4.69) is 35.1 Å². The van der Waals surface area contributed by atoms with Crippen molar-refractivity contribution in [2.24, 2.45) is 0 Å². The molecule has 1 aromatic carbocycles. The molecule has 0 spiro atoms. The van der Waals surface area contributed by atoms with E-state index in [9.17, 15) is 9.00 Å². The van der Waals surface area contributed by atoms with Crippen molar-refractivity contribution in [3.63, 3.8) is 0 Å². The first kappa shape index (κ1) is 22.2. The maximum absolute atomic E-state index is 12.2. The van der Waals surface area contributed by atoms with Crippen LogP contribution in [0, 0.1) is 0 Å². The number of hydrogen-bond acceptors (Lipinski definition) is 4. The van der Waals surface area contributed by atoms with Gasteiger partial charge in [0.1, 0.15) is 0 Å². The minimum absolute atomic E-state index is 0.0852. The monoisotopic (exact) mass is 423 g/mol. The van der Waals surface area contributed by atoms with E-state index in [1.165, 1.54) is 12.7 Å². The highest BCUT2D eigenvalue weighted by molar-refractivity contribution is 7.80. The van der Waals surface area contributed by atoms with Crippen LogP contribution < -0.4 is 4.72 Å². The molecule has 1 saturated heterocycles. The zero-order chi connectivity index (χ0) is 20.8. The normalized spacial score (nSPS) is 28.5. The highest BCUT2D eigenvalue weighted by Crippen LogP contribution is 2.34. The molecule has 7 nitrogen and oxygen atoms in total. The van der Waals surface area contributed by atoms with Crippen molar-refractivity contribution in [1.82, 2.24) is 13.9 Å². The van der Waals surface area contributed by atoms with Crippen LogP contribution in [0.15, 0.2) is 30.3 Å². The lowest BCUT2D eigenvalue weighted by molar-refractivity contribution is -0.00533. The van der Waals surface area contributed by atoms with Crippen molar-refractivity contribution in [1.29, 1.82) is 0 Å². The van der Waals surface area contributed by atoms with Crippen LogP contribution in [0.1, 0.15) is 43.6 Å². The summed E-state index contributed by atoms with van der Waals surface area (Å²) >= 11 is -1.30. The molecule has 1 unspecified atom stereocenters. The highest BCUT2D eigenvalue weighted by Gasteiger charge is 2.39. The van der Waals surface area contributed by atoms with Gasteiger partial charge in [0.25, 0.3) is 0 Å². The first-order valence-corrected chi connectivity index (χ1v) is 11.5. The molecule has 0 radical (unpaired) electrons. The third-order valence-electron chi connectivity index (χ3n) is 5.99. The first-order chi connectivity index (χ1) is 14.0. The number of amides is 1. The Bertz CT molecular complexity index is 680. The summed E-state index contributed by atoms with van der Waals surface area (Å²) in [5.41, 5.74) is 1.41. The third kappa shape index (κ3) is 5.78. The molecule has 0 aromatic heterocycles. The number of rotatable bonds is 7. The molecule has 2 aliphatic rings. The van der Waals surface area contributed by atoms with Gasteiger partial charge in [-0.15, -0.1) is 0 Å². The molecular weight excluding hydrogens is 390 g/mol. The van der Waals surface area contributed by atoms with Crippen molar-refractivity contribution in [3.8, 4) is 0 Å². The van der Waals surface area contributed by atoms with Crippen LogP contribution in [-0.2, 0) is 20.6 Å². The van der Waals surface area contributed by atoms with E-state index >= 15 is 0 Å². The number of carbonyl (C=O) groups is 1. The van der Waals surface area contributed by atoms with Crippen LogP contribution in [0.3, 0.4) is 0 Å². The Morgan fingerprint density at radius 3 is 2.48 bits per heavy atom. The van der Waals surface area contributed by atoms with Crippen LogP contribution in [0.25, 0.3) is 0 Å². The molecule has 1 aliphatic heterocycles. The van der Waals surface area contributed by atoms with E-state index in [0.717, 1.165) is 32.1 Å². The minimum atomic E-state index is -1.30. The van der Waals surface area contributed by atoms with Gasteiger partial charge in [-0.05, 0) is 43.6 Å². The van der Waals surface area contributed by atoms with Crippen LogP contribution >= 0.6 is 0 Å². The van der Waals surface area contributed by atoms with Gasteiger partial charge in [0, 0.05) is 26.7 Å². The molecule has 3 atom stereocenters. The maximum Gasteiger partial charge on any atom is 0.409 e. The molecule has 1 aliphatic carbocycles. The Hall–Kier alpha value is -1.48. The molecular formula is C21H33N3O4S. The number of nitrogens with one attached hydrogen (secondary N) is 1. The molecule has 1 N–H and O–H groups in total. The molecule has 1 amide bonds. The van der Waals surface area contributed by atoms with Gasteiger partial charge in [-0.1, -0.05) is 30.3 Å². The second kappa shape index (κ2) is 10.5. The van der Waals surface area contributed by atoms with Gasteiger partial charge in [0.2, 0.25) is 0 Å². The fraction of sp³-hybridized carbons (Fsp3) is 0.667. The number of methoxy groups -OCH3 is 1. The molecule has 3 rings (SSSR count). The zero-order valence-electron chi connectivity index (χ0n) is 17.6. The predicted octanol–water partition coefficient (Wildman–Crippen LogP) is 2.67. The number of hydrogen-bond donors (Lipinski definition) is 1. The largest absolute Gasteiger partial charge is 0.453 e. The van der Waals surface area contributed by atoms with E-state index in [1.807, 2.05) is 0 Å². The van der Waals surface area contributed by atoms with Crippen molar-refractivity contribution in [2.75, 3.05) is 34.4 Å². The number of benzene rings is 1. The smallest absolute Gasteiger partial charge is 0.409 e. The third-order valence-corrected chi connectivity index (χ3v) is 7.15. The molecule has 8 heteroatoms. The average molecular weight is 424 g/mol. The summed E-state index contributed by atoms with van der Waals surface area (Å²) in [5.74, 6) is 0.603. The lowest BCUT2D eigenvalue weighted by Crippen LogP contribution is -2.50. The predicted molar refractivity (Wildman–Crippen MR) is 114 cm³/mol. The van der Waals surface area contributed by atoms with Crippen molar-refractivity contribution in [2.45, 2.75) is 56.2 Å². The molecule has 29 heavy (non-hydrogen) atoms. The quantitative estimate of drug-likeness (QED) is 0.732. The average Bonchev–Trinajstić information content (AvgIpc) is 3.15. The highest BCUT2D eigenvalue weighted by atomic mass is 32.2. The Morgan fingerprint density at radius 2 is 1.86 bits per heavy atom. The standard InChI is InChI=1S/C21H33N3O4S/c1-23(2)29(26)22-19-13-14-24(21(25)27-3)20(19)15-28-18-11-9-17(10-12-18)16-7-5-4-6-8-16/h4-8,17-20,22H,9-15H2,1-3H3/t17?,18?,19-,20-,29?/m0/s1. The Kier molecular flexibility index (Phi) is 8.06. The summed E-state index contributed by atoms with van der Waals surface area (Å²) in [6.45, 7) is 1.00. The fourth-order valence-electron chi connectivity index (χ4n) is 4.30. The van der Waals surface area contributed by atoms with Crippen LogP contribution in [0.4, 0.5) is 4.79 Å². The maximum atomic E-state index is 12.2. The van der Waals surface area contributed by atoms with Crippen molar-refractivity contribution in [3.05, 3.63) is 35.9 Å². The summed E-state index contributed by atoms with van der Waals surface area (Å²) in [5, 5.41) is 0. The topological polar surface area (TPSA) is 71.1 Å². The molecule has 1 saturated carbocycles. The lowest BCUT2D eigenvalue weighted by atomic mass is 9.83. The van der Waals surface area contributed by atoms with E-state index in [-0.39, 0.29) is 24.3 Å². The SMILES string of the molecule is COC(=O)N1CC[C@H](NS(=O)N(C)C)[C@@H]1COC1CCC(c2ccccc2)CC1. The van der Waals surface area contributed by atoms with Crippen LogP contribution in [0.2, 0.25) is 0 Å². The van der Waals surface area contributed by atoms with Gasteiger partial charge in [0.05, 0.1) is 25.9 Å². The van der Waals surface area contributed by atoms with Gasteiger partial charge < -0.3 is 14.4 Å². The second-order valence-electron chi connectivity index (χ2n) is 8.02. The Labute approximate surface area is 176 Å². The first-order valence-electron chi connectivity index (χ1n) is 10.4. The number of ether oxygens (including phenoxy) is 2. The molecule has 2 fully saturated rings. The van der Waals surface area contributed by atoms with E-state index in [1.54, 1.807) is 23.3 Å². The Morgan fingerprint density at radius 1 is 1.17 bits per heavy atom. The lowest BCUT2D eigenvalue weighted by Gasteiger charge is -2.32. The van der Waals surface area contributed by atoms with Gasteiger partial charge in [-0.2, -0.15) is 0 Å². The number of nitrogens with zero attached hydrogens (tertiary/aromatic N) is 2. The number of carbonyl (C=O) groups excluding carboxylic acids is 1. The summed E-state index contributed by atoms with van der Waals surface area (Å²) in [6, 6.07) is 10.4. The van der Waals surface area contributed by atoms with Gasteiger partial charge in [-0.25, -0.2) is 18.0 Å². The summed E-state index contributed by atoms with van der Waals surface area (Å²) in [6.07, 6.45) is 4.85. The van der Waals surface area contributed by atoms with E-state index < -0.39 is 11.2 Å². The fourth-order valence-corrected chi connectivity index (χ4v) is 5.04. The second-order valence-corrected chi connectivity index (χ2v) is 9.49. The van der Waals surface area contributed by atoms with Crippen LogP contribution in [0.5, 0.6) is 0 Å². The van der Waals surface area contributed by atoms with Gasteiger partial charge in [-0.3, -0.25) is 0 Å². The molecule has 1 heterocycles. The summed E-state index contributed by atoms with van der Waals surface area (Å²) < 4.78 is 28.1. The van der Waals surface area contributed by atoms with Crippen molar-refractivity contribution >= 4 is 17.3 Å². The molecule has 1 aromatic rings. The zero-order valence-corrected chi connectivity index (χ0v) is 18.4. The van der Waals surface area contributed by atoms with E-state index in [0.29, 0.717) is 19.1 Å². The summed E-state index contributed by atoms with van der Waals surface area (Å²) in [4.78, 5) is 13.9.